The van der Waals surface area contributed by atoms with E-state index in [1.165, 1.54) is 16.7 Å². The lowest BCUT2D eigenvalue weighted by atomic mass is 9.82. The molecular formula is C21H24N4O. The highest BCUT2D eigenvalue weighted by molar-refractivity contribution is 5.62. The molecule has 1 aromatic carbocycles. The predicted molar refractivity (Wildman–Crippen MR) is 102 cm³/mol. The first-order chi connectivity index (χ1) is 12.6. The molecule has 0 saturated heterocycles. The van der Waals surface area contributed by atoms with Gasteiger partial charge in [0.1, 0.15) is 0 Å². The molecule has 5 nitrogen and oxygen atoms in total. The molecule has 1 saturated carbocycles. The van der Waals surface area contributed by atoms with E-state index in [0.29, 0.717) is 0 Å². The minimum Gasteiger partial charge on any atom is -0.391 e. The molecule has 3 aromatic rings. The fraction of sp³-hybridized carbons (Fsp3) is 0.333. The molecule has 1 aliphatic rings. The van der Waals surface area contributed by atoms with Crippen LogP contribution in [-0.4, -0.2) is 32.0 Å². The second-order valence-corrected chi connectivity index (χ2v) is 7.14. The molecule has 2 aromatic heterocycles. The van der Waals surface area contributed by atoms with Gasteiger partial charge in [-0.2, -0.15) is 5.10 Å². The third-order valence-corrected chi connectivity index (χ3v) is 5.23. The Labute approximate surface area is 153 Å². The lowest BCUT2D eigenvalue weighted by molar-refractivity contribution is -0.0111. The summed E-state index contributed by atoms with van der Waals surface area (Å²) in [4.78, 5) is 4.07. The van der Waals surface area contributed by atoms with Crippen molar-refractivity contribution in [2.45, 2.75) is 44.5 Å². The summed E-state index contributed by atoms with van der Waals surface area (Å²) in [5.41, 5.74) is 4.71. The molecule has 4 rings (SSSR count). The molecule has 1 aliphatic carbocycles. The van der Waals surface area contributed by atoms with Crippen LogP contribution < -0.4 is 5.32 Å². The van der Waals surface area contributed by atoms with Gasteiger partial charge in [-0.05, 0) is 54.7 Å². The van der Waals surface area contributed by atoms with Crippen LogP contribution in [0.15, 0.2) is 61.2 Å². The Morgan fingerprint density at radius 2 is 1.81 bits per heavy atom. The number of nitrogens with zero attached hydrogens (tertiary/aromatic N) is 3. The van der Waals surface area contributed by atoms with Gasteiger partial charge < -0.3 is 10.4 Å². The Morgan fingerprint density at radius 3 is 2.42 bits per heavy atom. The van der Waals surface area contributed by atoms with Crippen LogP contribution >= 0.6 is 0 Å². The second kappa shape index (κ2) is 7.02. The summed E-state index contributed by atoms with van der Waals surface area (Å²) < 4.78 is 1.89. The highest BCUT2D eigenvalue weighted by Gasteiger charge is 2.42. The van der Waals surface area contributed by atoms with Crippen molar-refractivity contribution in [3.63, 3.8) is 0 Å². The number of aliphatic hydroxyl groups excluding tert-OH is 1. The van der Waals surface area contributed by atoms with Crippen LogP contribution in [-0.2, 0) is 0 Å². The number of aromatic nitrogens is 3. The van der Waals surface area contributed by atoms with Gasteiger partial charge in [-0.25, -0.2) is 0 Å². The molecule has 0 spiro atoms. The van der Waals surface area contributed by atoms with E-state index in [1.54, 1.807) is 0 Å². The molecule has 0 radical (unpaired) electrons. The largest absolute Gasteiger partial charge is 0.391 e. The third-order valence-electron chi connectivity index (χ3n) is 5.23. The molecule has 0 aliphatic heterocycles. The van der Waals surface area contributed by atoms with Gasteiger partial charge in [0.2, 0.25) is 0 Å². The first kappa shape index (κ1) is 16.9. The Bertz CT molecular complexity index is 859. The molecule has 134 valence electrons. The number of hydrogen-bond acceptors (Lipinski definition) is 4. The zero-order valence-corrected chi connectivity index (χ0v) is 15.1. The van der Waals surface area contributed by atoms with E-state index in [2.05, 4.69) is 46.6 Å². The number of nitrogens with one attached hydrogen (secondary N) is 1. The molecule has 5 heteroatoms. The predicted octanol–water partition coefficient (Wildman–Crippen LogP) is 3.28. The van der Waals surface area contributed by atoms with Crippen molar-refractivity contribution in [3.8, 4) is 11.1 Å². The number of rotatable bonds is 5. The van der Waals surface area contributed by atoms with Gasteiger partial charge in [0.15, 0.2) is 0 Å². The Balaban J connectivity index is 1.44. The number of aliphatic hydroxyl groups is 1. The maximum absolute atomic E-state index is 10.2. The quantitative estimate of drug-likeness (QED) is 0.743. The molecule has 2 heterocycles. The van der Waals surface area contributed by atoms with Gasteiger partial charge in [-0.15, -0.1) is 0 Å². The third kappa shape index (κ3) is 3.28. The minimum atomic E-state index is -0.340. The summed E-state index contributed by atoms with van der Waals surface area (Å²) in [6, 6.07) is 13.1. The van der Waals surface area contributed by atoms with Gasteiger partial charge in [0.25, 0.3) is 0 Å². The maximum Gasteiger partial charge on any atom is 0.0932 e. The number of benzene rings is 1. The highest BCUT2D eigenvalue weighted by Crippen LogP contribution is 2.34. The molecule has 1 unspecified atom stereocenters. The van der Waals surface area contributed by atoms with Crippen molar-refractivity contribution < 1.29 is 5.11 Å². The van der Waals surface area contributed by atoms with Crippen LogP contribution in [0.1, 0.15) is 36.6 Å². The van der Waals surface area contributed by atoms with Gasteiger partial charge in [0.05, 0.1) is 18.3 Å². The SMILES string of the molecule is Cc1cnn([C@H]2[C@H](O)C[C@@H]2NC(C)c2ccc(-c3ccncc3)cc2)c1. The summed E-state index contributed by atoms with van der Waals surface area (Å²) in [6.07, 6.45) is 7.87. The molecule has 1 fully saturated rings. The normalized spacial score (nSPS) is 23.4. The summed E-state index contributed by atoms with van der Waals surface area (Å²) in [6.45, 7) is 4.18. The summed E-state index contributed by atoms with van der Waals surface area (Å²) in [7, 11) is 0. The monoisotopic (exact) mass is 348 g/mol. The smallest absolute Gasteiger partial charge is 0.0932 e. The van der Waals surface area contributed by atoms with Crippen LogP contribution in [0.5, 0.6) is 0 Å². The van der Waals surface area contributed by atoms with Crippen molar-refractivity contribution in [1.29, 1.82) is 0 Å². The molecule has 0 amide bonds. The lowest BCUT2D eigenvalue weighted by Crippen LogP contribution is -2.55. The Kier molecular flexibility index (Phi) is 4.57. The van der Waals surface area contributed by atoms with E-state index < -0.39 is 0 Å². The lowest BCUT2D eigenvalue weighted by Gasteiger charge is -2.43. The summed E-state index contributed by atoms with van der Waals surface area (Å²) in [5.74, 6) is 0. The molecule has 0 bridgehead atoms. The van der Waals surface area contributed by atoms with Crippen LogP contribution in [0.2, 0.25) is 0 Å². The Morgan fingerprint density at radius 1 is 1.12 bits per heavy atom. The topological polar surface area (TPSA) is 63.0 Å². The summed E-state index contributed by atoms with van der Waals surface area (Å²) in [5, 5.41) is 18.2. The van der Waals surface area contributed by atoms with E-state index in [9.17, 15) is 5.11 Å². The van der Waals surface area contributed by atoms with Crippen molar-refractivity contribution in [2.24, 2.45) is 0 Å². The average Bonchev–Trinajstić information content (AvgIpc) is 3.07. The van der Waals surface area contributed by atoms with Crippen molar-refractivity contribution in [3.05, 3.63) is 72.3 Å². The maximum atomic E-state index is 10.2. The molecule has 26 heavy (non-hydrogen) atoms. The van der Waals surface area contributed by atoms with Gasteiger partial charge in [0, 0.05) is 30.7 Å². The van der Waals surface area contributed by atoms with Crippen molar-refractivity contribution >= 4 is 0 Å². The number of pyridine rings is 1. The minimum absolute atomic E-state index is 0.00208. The van der Waals surface area contributed by atoms with Crippen LogP contribution in [0.25, 0.3) is 11.1 Å². The van der Waals surface area contributed by atoms with Gasteiger partial charge in [-0.3, -0.25) is 9.67 Å². The van der Waals surface area contributed by atoms with E-state index >= 15 is 0 Å². The van der Waals surface area contributed by atoms with E-state index in [1.807, 2.05) is 48.5 Å². The molecular weight excluding hydrogens is 324 g/mol. The van der Waals surface area contributed by atoms with Crippen molar-refractivity contribution in [2.75, 3.05) is 0 Å². The first-order valence-corrected chi connectivity index (χ1v) is 9.07. The number of hydrogen-bond donors (Lipinski definition) is 2. The van der Waals surface area contributed by atoms with Gasteiger partial charge in [-0.1, -0.05) is 24.3 Å². The average molecular weight is 348 g/mol. The van der Waals surface area contributed by atoms with E-state index in [0.717, 1.165) is 12.0 Å². The fourth-order valence-corrected chi connectivity index (χ4v) is 3.66. The number of aryl methyl sites for hydroxylation is 1. The van der Waals surface area contributed by atoms with E-state index in [4.69, 9.17) is 0 Å². The molecule has 4 atom stereocenters. The zero-order valence-electron chi connectivity index (χ0n) is 15.1. The van der Waals surface area contributed by atoms with Crippen molar-refractivity contribution in [1.82, 2.24) is 20.1 Å². The van der Waals surface area contributed by atoms with Crippen LogP contribution in [0.3, 0.4) is 0 Å². The Hall–Kier alpha value is -2.50. The standard InChI is InChI=1S/C21H24N4O/c1-14-12-23-25(13-14)21-19(11-20(21)26)24-15(2)16-3-5-17(6-4-16)18-7-9-22-10-8-18/h3-10,12-13,15,19-21,24,26H,11H2,1-2H3/t15?,19-,20+,21+/m0/s1. The second-order valence-electron chi connectivity index (χ2n) is 7.14. The summed E-state index contributed by atoms with van der Waals surface area (Å²) >= 11 is 0. The van der Waals surface area contributed by atoms with Gasteiger partial charge >= 0.3 is 0 Å². The highest BCUT2D eigenvalue weighted by atomic mass is 16.3. The first-order valence-electron chi connectivity index (χ1n) is 9.07. The zero-order chi connectivity index (χ0) is 18.1. The van der Waals surface area contributed by atoms with E-state index in [-0.39, 0.29) is 24.2 Å². The molecule has 2 N–H and O–H groups in total. The fourth-order valence-electron chi connectivity index (χ4n) is 3.66. The van der Waals surface area contributed by atoms with Crippen LogP contribution in [0.4, 0.5) is 0 Å². The van der Waals surface area contributed by atoms with Crippen LogP contribution in [0, 0.1) is 6.92 Å².